The summed E-state index contributed by atoms with van der Waals surface area (Å²) in [5.74, 6) is 0. The number of hydrogen-bond acceptors (Lipinski definition) is 5. The number of nitro benzene ring substituents is 1. The van der Waals surface area contributed by atoms with Crippen LogP contribution in [0.3, 0.4) is 0 Å². The summed E-state index contributed by atoms with van der Waals surface area (Å²) in [6.45, 7) is 8.00. The highest BCUT2D eigenvalue weighted by Crippen LogP contribution is 2.28. The van der Waals surface area contributed by atoms with Crippen molar-refractivity contribution in [2.24, 2.45) is 0 Å². The third kappa shape index (κ3) is 3.53. The van der Waals surface area contributed by atoms with Crippen LogP contribution in [0.4, 0.5) is 5.69 Å². The van der Waals surface area contributed by atoms with Gasteiger partial charge >= 0.3 is 11.1 Å². The molecule has 0 aliphatic heterocycles. The van der Waals surface area contributed by atoms with E-state index in [4.69, 9.17) is 0 Å². The van der Waals surface area contributed by atoms with Crippen LogP contribution in [0.15, 0.2) is 15.7 Å². The summed E-state index contributed by atoms with van der Waals surface area (Å²) in [6.07, 6.45) is 1.92. The average Bonchev–Trinajstić information content (AvgIpc) is 2.52. The minimum atomic E-state index is -0.814. The maximum Gasteiger partial charge on any atom is 0.314 e. The van der Waals surface area contributed by atoms with E-state index >= 15 is 0 Å². The van der Waals surface area contributed by atoms with E-state index in [1.807, 2.05) is 0 Å². The fourth-order valence-electron chi connectivity index (χ4n) is 2.93. The first-order valence-corrected chi connectivity index (χ1v) is 8.04. The Hall–Kier alpha value is -2.48. The van der Waals surface area contributed by atoms with Gasteiger partial charge in [-0.05, 0) is 32.9 Å². The number of nitrogens with zero attached hydrogens (tertiary/aromatic N) is 2. The molecule has 24 heavy (non-hydrogen) atoms. The molecule has 0 atom stereocenters. The molecule has 0 saturated heterocycles. The number of nitro groups is 1. The van der Waals surface area contributed by atoms with Crippen molar-refractivity contribution in [3.63, 3.8) is 0 Å². The van der Waals surface area contributed by atoms with Gasteiger partial charge in [0.2, 0.25) is 0 Å². The molecule has 1 aromatic carbocycles. The molecule has 0 saturated carbocycles. The van der Waals surface area contributed by atoms with Crippen LogP contribution in [-0.4, -0.2) is 32.9 Å². The average molecular weight is 334 g/mol. The summed E-state index contributed by atoms with van der Waals surface area (Å²) in [5, 5.41) is 11.3. The molecule has 0 aliphatic carbocycles. The van der Waals surface area contributed by atoms with Crippen LogP contribution in [-0.2, 0) is 6.54 Å². The first-order valence-electron chi connectivity index (χ1n) is 8.04. The molecule has 1 heterocycles. The zero-order chi connectivity index (χ0) is 17.9. The Morgan fingerprint density at radius 3 is 2.25 bits per heavy atom. The maximum atomic E-state index is 11.7. The molecule has 0 amide bonds. The molecule has 8 nitrogen and oxygen atoms in total. The molecule has 1 aromatic heterocycles. The normalized spacial score (nSPS) is 11.3. The van der Waals surface area contributed by atoms with Crippen LogP contribution < -0.4 is 11.1 Å². The number of H-pyrrole nitrogens is 2. The lowest BCUT2D eigenvalue weighted by molar-refractivity contribution is -0.385. The van der Waals surface area contributed by atoms with E-state index in [-0.39, 0.29) is 11.2 Å². The Bertz CT molecular complexity index is 863. The number of hydrogen-bond donors (Lipinski definition) is 2. The Kier molecular flexibility index (Phi) is 5.50. The Balaban J connectivity index is 2.70. The van der Waals surface area contributed by atoms with Crippen molar-refractivity contribution < 1.29 is 4.92 Å². The Labute approximate surface area is 138 Å². The first-order chi connectivity index (χ1) is 11.4. The van der Waals surface area contributed by atoms with Crippen LogP contribution in [0.2, 0.25) is 0 Å². The van der Waals surface area contributed by atoms with Gasteiger partial charge < -0.3 is 9.97 Å². The second kappa shape index (κ2) is 7.39. The summed E-state index contributed by atoms with van der Waals surface area (Å²) >= 11 is 0. The molecule has 0 aliphatic rings. The van der Waals surface area contributed by atoms with E-state index in [0.29, 0.717) is 23.2 Å². The molecule has 0 spiro atoms. The lowest BCUT2D eigenvalue weighted by Crippen LogP contribution is -2.30. The monoisotopic (exact) mass is 334 g/mol. The van der Waals surface area contributed by atoms with Crippen molar-refractivity contribution in [3.05, 3.63) is 48.0 Å². The number of aromatic amines is 2. The summed E-state index contributed by atoms with van der Waals surface area (Å²) < 4.78 is 0. The zero-order valence-electron chi connectivity index (χ0n) is 14.1. The van der Waals surface area contributed by atoms with Crippen molar-refractivity contribution in [1.82, 2.24) is 14.9 Å². The smallest absolute Gasteiger partial charge is 0.314 e. The van der Waals surface area contributed by atoms with E-state index in [0.717, 1.165) is 25.9 Å². The molecule has 2 N–H and O–H groups in total. The van der Waals surface area contributed by atoms with E-state index in [1.54, 1.807) is 6.92 Å². The van der Waals surface area contributed by atoms with Crippen LogP contribution >= 0.6 is 0 Å². The van der Waals surface area contributed by atoms with Crippen molar-refractivity contribution in [3.8, 4) is 0 Å². The van der Waals surface area contributed by atoms with E-state index < -0.39 is 16.0 Å². The third-order valence-corrected chi connectivity index (χ3v) is 4.04. The van der Waals surface area contributed by atoms with Gasteiger partial charge in [0.1, 0.15) is 0 Å². The second-order valence-electron chi connectivity index (χ2n) is 5.86. The number of rotatable bonds is 7. The van der Waals surface area contributed by atoms with Gasteiger partial charge in [0.15, 0.2) is 0 Å². The van der Waals surface area contributed by atoms with Crippen LogP contribution in [0.5, 0.6) is 0 Å². The SMILES string of the molecule is CCCN(CCC)Cc1c(C)c([N+](=O)[O-])cc2[nH]c(=O)c(=O)[nH]c12. The van der Waals surface area contributed by atoms with E-state index in [2.05, 4.69) is 28.7 Å². The standard InChI is InChI=1S/C16H22N4O4/c1-4-6-19(7-5-2)9-11-10(3)13(20(23)24)8-12-14(11)18-16(22)15(21)17-12/h8H,4-7,9H2,1-3H3,(H,17,21)(H,18,22). The predicted octanol–water partition coefficient (Wildman–Crippen LogP) is 2.06. The quantitative estimate of drug-likeness (QED) is 0.457. The van der Waals surface area contributed by atoms with Crippen molar-refractivity contribution in [2.75, 3.05) is 13.1 Å². The molecule has 0 fully saturated rings. The predicted molar refractivity (Wildman–Crippen MR) is 92.4 cm³/mol. The third-order valence-electron chi connectivity index (χ3n) is 4.04. The number of nitrogens with one attached hydrogen (secondary N) is 2. The molecular formula is C16H22N4O4. The lowest BCUT2D eigenvalue weighted by Gasteiger charge is -2.22. The van der Waals surface area contributed by atoms with Gasteiger partial charge in [-0.25, -0.2) is 0 Å². The molecule has 8 heteroatoms. The number of fused-ring (bicyclic) bond motifs is 1. The largest absolute Gasteiger partial charge is 0.316 e. The summed E-state index contributed by atoms with van der Waals surface area (Å²) in [6, 6.07) is 1.30. The fourth-order valence-corrected chi connectivity index (χ4v) is 2.93. The molecule has 2 rings (SSSR count). The zero-order valence-corrected chi connectivity index (χ0v) is 14.1. The number of aromatic nitrogens is 2. The highest BCUT2D eigenvalue weighted by molar-refractivity contribution is 5.82. The van der Waals surface area contributed by atoms with Gasteiger partial charge in [-0.1, -0.05) is 13.8 Å². The Morgan fingerprint density at radius 1 is 1.12 bits per heavy atom. The van der Waals surface area contributed by atoms with Gasteiger partial charge in [-0.2, -0.15) is 0 Å². The van der Waals surface area contributed by atoms with E-state index in [1.165, 1.54) is 6.07 Å². The molecule has 0 unspecified atom stereocenters. The van der Waals surface area contributed by atoms with Crippen LogP contribution in [0.25, 0.3) is 11.0 Å². The van der Waals surface area contributed by atoms with Crippen molar-refractivity contribution in [2.45, 2.75) is 40.2 Å². The van der Waals surface area contributed by atoms with Crippen molar-refractivity contribution >= 4 is 16.7 Å². The van der Waals surface area contributed by atoms with Gasteiger partial charge in [0.25, 0.3) is 5.69 Å². The summed E-state index contributed by atoms with van der Waals surface area (Å²) in [7, 11) is 0. The molecule has 130 valence electrons. The van der Waals surface area contributed by atoms with Gasteiger partial charge in [0.05, 0.1) is 16.0 Å². The molecule has 0 radical (unpaired) electrons. The van der Waals surface area contributed by atoms with Crippen molar-refractivity contribution in [1.29, 1.82) is 0 Å². The first kappa shape index (κ1) is 17.9. The molecule has 0 bridgehead atoms. The molecule has 2 aromatic rings. The van der Waals surface area contributed by atoms with Crippen LogP contribution in [0.1, 0.15) is 37.8 Å². The fraction of sp³-hybridized carbons (Fsp3) is 0.500. The molecular weight excluding hydrogens is 312 g/mol. The topological polar surface area (TPSA) is 112 Å². The van der Waals surface area contributed by atoms with Gasteiger partial charge in [-0.15, -0.1) is 0 Å². The second-order valence-corrected chi connectivity index (χ2v) is 5.86. The van der Waals surface area contributed by atoms with Crippen LogP contribution in [0, 0.1) is 17.0 Å². The minimum absolute atomic E-state index is 0.0619. The Morgan fingerprint density at radius 2 is 1.71 bits per heavy atom. The van der Waals surface area contributed by atoms with E-state index in [9.17, 15) is 19.7 Å². The minimum Gasteiger partial charge on any atom is -0.316 e. The van der Waals surface area contributed by atoms with Gasteiger partial charge in [0, 0.05) is 23.7 Å². The number of benzene rings is 1. The summed E-state index contributed by atoms with van der Waals surface area (Å²) in [4.78, 5) is 41.3. The maximum absolute atomic E-state index is 11.7. The summed E-state index contributed by atoms with van der Waals surface area (Å²) in [5.41, 5.74) is 0.287. The highest BCUT2D eigenvalue weighted by atomic mass is 16.6. The van der Waals surface area contributed by atoms with Gasteiger partial charge in [-0.3, -0.25) is 24.6 Å². The highest BCUT2D eigenvalue weighted by Gasteiger charge is 2.21. The lowest BCUT2D eigenvalue weighted by atomic mass is 10.0.